The van der Waals surface area contributed by atoms with Crippen molar-refractivity contribution in [3.05, 3.63) is 40.2 Å². The van der Waals surface area contributed by atoms with Crippen LogP contribution in [0.3, 0.4) is 0 Å². The van der Waals surface area contributed by atoms with Crippen LogP contribution in [0.1, 0.15) is 0 Å². The van der Waals surface area contributed by atoms with Crippen molar-refractivity contribution in [1.82, 2.24) is 0 Å². The molecule has 0 unspecified atom stereocenters. The largest absolute Gasteiger partial charge is 0.349 e. The SMILES string of the molecule is C=N/C=C\N(C)c1ccccc1I. The Hall–Kier alpha value is -0.840. The first kappa shape index (κ1) is 10.2. The molecule has 0 atom stereocenters. The fourth-order valence-corrected chi connectivity index (χ4v) is 1.73. The number of para-hydroxylation sites is 1. The lowest BCUT2D eigenvalue weighted by Crippen LogP contribution is -2.08. The van der Waals surface area contributed by atoms with Gasteiger partial charge in [-0.2, -0.15) is 0 Å². The highest BCUT2D eigenvalue weighted by molar-refractivity contribution is 14.1. The second-order valence-corrected chi connectivity index (χ2v) is 3.71. The average molecular weight is 286 g/mol. The maximum absolute atomic E-state index is 3.66. The average Bonchev–Trinajstić information content (AvgIpc) is 2.15. The summed E-state index contributed by atoms with van der Waals surface area (Å²) in [4.78, 5) is 5.67. The number of hydrogen-bond donors (Lipinski definition) is 0. The second kappa shape index (κ2) is 5.01. The zero-order chi connectivity index (χ0) is 9.68. The maximum atomic E-state index is 3.66. The molecule has 0 bridgehead atoms. The van der Waals surface area contributed by atoms with E-state index in [9.17, 15) is 0 Å². The molecule has 1 aromatic rings. The minimum atomic E-state index is 1.17. The van der Waals surface area contributed by atoms with Gasteiger partial charge in [0.05, 0.1) is 5.69 Å². The minimum absolute atomic E-state index is 1.17. The standard InChI is InChI=1S/C10H11IN2/c1-12-7-8-13(2)10-6-4-3-5-9(10)11/h3-8H,1H2,2H3/b8-7-. The fourth-order valence-electron chi connectivity index (χ4n) is 0.965. The quantitative estimate of drug-likeness (QED) is 0.616. The molecule has 0 radical (unpaired) electrons. The Labute approximate surface area is 92.1 Å². The van der Waals surface area contributed by atoms with Crippen LogP contribution >= 0.6 is 22.6 Å². The van der Waals surface area contributed by atoms with E-state index in [1.807, 2.05) is 30.3 Å². The van der Waals surface area contributed by atoms with Crippen molar-refractivity contribution in [3.8, 4) is 0 Å². The summed E-state index contributed by atoms with van der Waals surface area (Å²) in [5.41, 5.74) is 1.17. The Balaban J connectivity index is 2.88. The summed E-state index contributed by atoms with van der Waals surface area (Å²) in [6.45, 7) is 3.38. The van der Waals surface area contributed by atoms with E-state index in [1.165, 1.54) is 9.26 Å². The monoisotopic (exact) mass is 286 g/mol. The third-order valence-electron chi connectivity index (χ3n) is 1.63. The van der Waals surface area contributed by atoms with E-state index in [0.717, 1.165) is 0 Å². The molecule has 0 saturated heterocycles. The molecule has 0 aliphatic heterocycles. The highest BCUT2D eigenvalue weighted by Crippen LogP contribution is 2.20. The molecule has 2 nitrogen and oxygen atoms in total. The van der Waals surface area contributed by atoms with Gasteiger partial charge >= 0.3 is 0 Å². The molecule has 0 N–H and O–H groups in total. The van der Waals surface area contributed by atoms with Gasteiger partial charge in [-0.05, 0) is 41.4 Å². The summed E-state index contributed by atoms with van der Waals surface area (Å²) in [5, 5.41) is 0. The normalized spacial score (nSPS) is 10.3. The van der Waals surface area contributed by atoms with Crippen LogP contribution in [0.25, 0.3) is 0 Å². The van der Waals surface area contributed by atoms with Gasteiger partial charge in [-0.15, -0.1) is 0 Å². The number of aliphatic imine (C=N–C) groups is 1. The topological polar surface area (TPSA) is 15.6 Å². The predicted molar refractivity (Wildman–Crippen MR) is 66.3 cm³/mol. The van der Waals surface area contributed by atoms with Crippen LogP contribution < -0.4 is 4.90 Å². The molecular formula is C10H11IN2. The fraction of sp³-hybridized carbons (Fsp3) is 0.100. The van der Waals surface area contributed by atoms with E-state index in [4.69, 9.17) is 0 Å². The number of halogens is 1. The molecule has 0 heterocycles. The van der Waals surface area contributed by atoms with Gasteiger partial charge in [-0.25, -0.2) is 0 Å². The van der Waals surface area contributed by atoms with Crippen LogP contribution in [0.2, 0.25) is 0 Å². The number of hydrogen-bond acceptors (Lipinski definition) is 2. The third-order valence-corrected chi connectivity index (χ3v) is 2.54. The molecule has 0 amide bonds. The van der Waals surface area contributed by atoms with Crippen molar-refractivity contribution in [2.75, 3.05) is 11.9 Å². The second-order valence-electron chi connectivity index (χ2n) is 2.54. The summed E-state index contributed by atoms with van der Waals surface area (Å²) in [7, 11) is 1.99. The van der Waals surface area contributed by atoms with Crippen LogP contribution in [-0.2, 0) is 0 Å². The molecule has 1 aromatic carbocycles. The Morgan fingerprint density at radius 1 is 1.46 bits per heavy atom. The highest BCUT2D eigenvalue weighted by atomic mass is 127. The number of nitrogens with zero attached hydrogens (tertiary/aromatic N) is 2. The van der Waals surface area contributed by atoms with Gasteiger partial charge in [0.1, 0.15) is 0 Å². The molecule has 0 saturated carbocycles. The molecule has 68 valence electrons. The molecule has 0 aromatic heterocycles. The first-order chi connectivity index (χ1) is 6.25. The lowest BCUT2D eigenvalue weighted by atomic mass is 10.3. The molecule has 0 fully saturated rings. The van der Waals surface area contributed by atoms with Crippen molar-refractivity contribution in [1.29, 1.82) is 0 Å². The van der Waals surface area contributed by atoms with E-state index in [2.05, 4.69) is 46.4 Å². The smallest absolute Gasteiger partial charge is 0.0539 e. The summed E-state index contributed by atoms with van der Waals surface area (Å²) in [6, 6.07) is 8.18. The van der Waals surface area contributed by atoms with Crippen molar-refractivity contribution >= 4 is 35.0 Å². The van der Waals surface area contributed by atoms with Crippen molar-refractivity contribution in [2.24, 2.45) is 4.99 Å². The zero-order valence-electron chi connectivity index (χ0n) is 7.44. The van der Waals surface area contributed by atoms with Crippen LogP contribution in [0.15, 0.2) is 41.7 Å². The van der Waals surface area contributed by atoms with Crippen LogP contribution in [0.5, 0.6) is 0 Å². The van der Waals surface area contributed by atoms with Gasteiger partial charge in [0.15, 0.2) is 0 Å². The molecule has 0 aliphatic carbocycles. The summed E-state index contributed by atoms with van der Waals surface area (Å²) in [5.74, 6) is 0. The van der Waals surface area contributed by atoms with Crippen molar-refractivity contribution in [3.63, 3.8) is 0 Å². The van der Waals surface area contributed by atoms with Gasteiger partial charge in [0.25, 0.3) is 0 Å². The van der Waals surface area contributed by atoms with E-state index < -0.39 is 0 Å². The number of benzene rings is 1. The van der Waals surface area contributed by atoms with Crippen LogP contribution in [0.4, 0.5) is 5.69 Å². The molecule has 1 rings (SSSR count). The predicted octanol–water partition coefficient (Wildman–Crippen LogP) is 2.90. The molecule has 0 aliphatic rings. The van der Waals surface area contributed by atoms with Gasteiger partial charge < -0.3 is 4.90 Å². The first-order valence-electron chi connectivity index (χ1n) is 3.85. The zero-order valence-corrected chi connectivity index (χ0v) is 9.60. The highest BCUT2D eigenvalue weighted by Gasteiger charge is 1.99. The van der Waals surface area contributed by atoms with Crippen molar-refractivity contribution < 1.29 is 0 Å². The van der Waals surface area contributed by atoms with Gasteiger partial charge in [-0.1, -0.05) is 12.1 Å². The lowest BCUT2D eigenvalue weighted by molar-refractivity contribution is 1.18. The Morgan fingerprint density at radius 3 is 2.77 bits per heavy atom. The van der Waals surface area contributed by atoms with Crippen LogP contribution in [-0.4, -0.2) is 13.8 Å². The van der Waals surface area contributed by atoms with E-state index >= 15 is 0 Å². The minimum Gasteiger partial charge on any atom is -0.349 e. The Morgan fingerprint density at radius 2 is 2.15 bits per heavy atom. The maximum Gasteiger partial charge on any atom is 0.0539 e. The van der Waals surface area contributed by atoms with E-state index in [-0.39, 0.29) is 0 Å². The van der Waals surface area contributed by atoms with Gasteiger partial charge in [0, 0.05) is 23.0 Å². The van der Waals surface area contributed by atoms with Gasteiger partial charge in [-0.3, -0.25) is 4.99 Å². The van der Waals surface area contributed by atoms with E-state index in [0.29, 0.717) is 0 Å². The summed E-state index contributed by atoms with van der Waals surface area (Å²) in [6.07, 6.45) is 3.55. The first-order valence-corrected chi connectivity index (χ1v) is 4.93. The summed E-state index contributed by atoms with van der Waals surface area (Å²) < 4.78 is 1.22. The molecule has 13 heavy (non-hydrogen) atoms. The number of anilines is 1. The van der Waals surface area contributed by atoms with Crippen molar-refractivity contribution in [2.45, 2.75) is 0 Å². The number of rotatable bonds is 3. The van der Waals surface area contributed by atoms with Gasteiger partial charge in [0.2, 0.25) is 0 Å². The lowest BCUT2D eigenvalue weighted by Gasteiger charge is -2.14. The molecule has 0 spiro atoms. The Kier molecular flexibility index (Phi) is 3.95. The van der Waals surface area contributed by atoms with Crippen LogP contribution in [0, 0.1) is 3.57 Å². The molecular weight excluding hydrogens is 275 g/mol. The molecule has 3 heteroatoms. The Bertz CT molecular complexity index is 320. The van der Waals surface area contributed by atoms with E-state index in [1.54, 1.807) is 6.20 Å². The summed E-state index contributed by atoms with van der Waals surface area (Å²) >= 11 is 2.31. The third kappa shape index (κ3) is 2.84.